The Hall–Kier alpha value is -2.10. The maximum absolute atomic E-state index is 5.71. The maximum atomic E-state index is 5.71. The topological polar surface area (TPSA) is 48.2 Å². The molecule has 1 heterocycles. The number of benzene rings is 2. The third kappa shape index (κ3) is 2.90. The van der Waals surface area contributed by atoms with Gasteiger partial charge in [-0.05, 0) is 0 Å². The van der Waals surface area contributed by atoms with E-state index in [1.54, 1.807) is 7.11 Å². The molecule has 20 heavy (non-hydrogen) atoms. The van der Waals surface area contributed by atoms with Gasteiger partial charge >= 0.3 is 122 Å². The van der Waals surface area contributed by atoms with Gasteiger partial charge in [-0.2, -0.15) is 0 Å². The van der Waals surface area contributed by atoms with Gasteiger partial charge in [-0.25, -0.2) is 0 Å². The second-order valence-corrected chi connectivity index (χ2v) is 6.17. The van der Waals surface area contributed by atoms with Gasteiger partial charge in [0, 0.05) is 0 Å². The quantitative estimate of drug-likeness (QED) is 0.678. The third-order valence-electron chi connectivity index (χ3n) is 2.67. The molecular formula is C15H12N2O2Se. The van der Waals surface area contributed by atoms with Gasteiger partial charge < -0.3 is 0 Å². The molecule has 0 amide bonds. The number of rotatable bonds is 4. The van der Waals surface area contributed by atoms with Crippen molar-refractivity contribution in [1.29, 1.82) is 0 Å². The summed E-state index contributed by atoms with van der Waals surface area (Å²) in [5.41, 5.74) is 0.938. The number of ether oxygens (including phenoxy) is 1. The van der Waals surface area contributed by atoms with Crippen LogP contribution in [0.3, 0.4) is 0 Å². The first-order valence-corrected chi connectivity index (χ1v) is 7.77. The molecule has 0 N–H and O–H groups in total. The summed E-state index contributed by atoms with van der Waals surface area (Å²) in [6.45, 7) is 0. The molecule has 0 aliphatic rings. The third-order valence-corrected chi connectivity index (χ3v) is 4.41. The van der Waals surface area contributed by atoms with Crippen molar-refractivity contribution in [2.45, 2.75) is 0 Å². The van der Waals surface area contributed by atoms with Crippen molar-refractivity contribution >= 4 is 24.2 Å². The van der Waals surface area contributed by atoms with Gasteiger partial charge in [0.15, 0.2) is 0 Å². The first-order valence-electron chi connectivity index (χ1n) is 6.06. The zero-order chi connectivity index (χ0) is 13.8. The van der Waals surface area contributed by atoms with Gasteiger partial charge in [0.1, 0.15) is 0 Å². The van der Waals surface area contributed by atoms with Gasteiger partial charge in [-0.15, -0.1) is 0 Å². The fraction of sp³-hybridized carbons (Fsp3) is 0.0667. The molecule has 0 fully saturated rings. The van der Waals surface area contributed by atoms with E-state index in [1.807, 2.05) is 54.6 Å². The van der Waals surface area contributed by atoms with E-state index in [4.69, 9.17) is 9.15 Å². The van der Waals surface area contributed by atoms with Gasteiger partial charge in [-0.3, -0.25) is 0 Å². The molecule has 4 nitrogen and oxygen atoms in total. The van der Waals surface area contributed by atoms with Crippen molar-refractivity contribution in [2.75, 3.05) is 7.11 Å². The molecule has 0 spiro atoms. The first-order chi connectivity index (χ1) is 9.85. The van der Waals surface area contributed by atoms with E-state index in [0.29, 0.717) is 10.7 Å². The summed E-state index contributed by atoms with van der Waals surface area (Å²) in [5.74, 6) is 1.40. The van der Waals surface area contributed by atoms with Crippen LogP contribution in [0, 0.1) is 0 Å². The molecule has 100 valence electrons. The first kappa shape index (κ1) is 12.9. The van der Waals surface area contributed by atoms with E-state index in [2.05, 4.69) is 10.2 Å². The van der Waals surface area contributed by atoms with Crippen LogP contribution in [0.4, 0.5) is 0 Å². The van der Waals surface area contributed by atoms with Crippen molar-refractivity contribution in [3.8, 4) is 17.2 Å². The molecular weight excluding hydrogens is 319 g/mol. The Balaban J connectivity index is 1.80. The Morgan fingerprint density at radius 3 is 2.65 bits per heavy atom. The molecule has 0 aliphatic heterocycles. The summed E-state index contributed by atoms with van der Waals surface area (Å²) in [6.07, 6.45) is 0. The van der Waals surface area contributed by atoms with Crippen LogP contribution >= 0.6 is 0 Å². The molecule has 0 radical (unpaired) electrons. The van der Waals surface area contributed by atoms with Crippen LogP contribution in [-0.4, -0.2) is 32.3 Å². The average molecular weight is 331 g/mol. The van der Waals surface area contributed by atoms with Gasteiger partial charge in [-0.1, -0.05) is 0 Å². The van der Waals surface area contributed by atoms with Crippen LogP contribution in [0.2, 0.25) is 0 Å². The Kier molecular flexibility index (Phi) is 3.81. The molecule has 3 rings (SSSR count). The summed E-state index contributed by atoms with van der Waals surface area (Å²) in [5, 5.41) is 8.21. The number of hydrogen-bond donors (Lipinski definition) is 0. The van der Waals surface area contributed by atoms with E-state index < -0.39 is 0 Å². The van der Waals surface area contributed by atoms with E-state index in [9.17, 15) is 0 Å². The molecule has 1 aromatic heterocycles. The van der Waals surface area contributed by atoms with Crippen LogP contribution in [0.25, 0.3) is 11.5 Å². The Morgan fingerprint density at radius 1 is 1.00 bits per heavy atom. The van der Waals surface area contributed by atoms with E-state index in [0.717, 1.165) is 15.8 Å². The summed E-state index contributed by atoms with van der Waals surface area (Å²) in [4.78, 5) is 0.657. The van der Waals surface area contributed by atoms with Crippen molar-refractivity contribution in [2.24, 2.45) is 0 Å². The Bertz CT molecular complexity index is 698. The zero-order valence-electron chi connectivity index (χ0n) is 10.8. The number of hydrogen-bond acceptors (Lipinski definition) is 4. The Labute approximate surface area is 123 Å². The second kappa shape index (κ2) is 5.90. The molecule has 2 aromatic carbocycles. The van der Waals surface area contributed by atoms with Crippen LogP contribution in [0.1, 0.15) is 0 Å². The minimum atomic E-state index is -0.0193. The Morgan fingerprint density at radius 2 is 1.85 bits per heavy atom. The fourth-order valence-corrected chi connectivity index (χ4v) is 3.24. The van der Waals surface area contributed by atoms with Crippen molar-refractivity contribution in [3.63, 3.8) is 0 Å². The zero-order valence-corrected chi connectivity index (χ0v) is 12.5. The van der Waals surface area contributed by atoms with E-state index in [-0.39, 0.29) is 15.0 Å². The van der Waals surface area contributed by atoms with Crippen molar-refractivity contribution < 1.29 is 9.15 Å². The monoisotopic (exact) mass is 332 g/mol. The summed E-state index contributed by atoms with van der Waals surface area (Å²) < 4.78 is 12.1. The number of methoxy groups -OCH3 is 1. The molecule has 5 heteroatoms. The standard InChI is InChI=1S/C15H12N2O2Se/c1-18-12-8-5-9-13(10-12)20-15-17-16-14(19-15)11-6-3-2-4-7-11/h2-10H,1H3. The normalized spacial score (nSPS) is 10.4. The summed E-state index contributed by atoms with van der Waals surface area (Å²) in [7, 11) is 1.66. The molecule has 0 saturated heterocycles. The molecule has 0 unspecified atom stereocenters. The van der Waals surface area contributed by atoms with E-state index in [1.165, 1.54) is 0 Å². The fourth-order valence-electron chi connectivity index (χ4n) is 1.71. The van der Waals surface area contributed by atoms with Crippen molar-refractivity contribution in [3.05, 3.63) is 54.6 Å². The molecule has 0 aliphatic carbocycles. The summed E-state index contributed by atoms with van der Waals surface area (Å²) in [6, 6.07) is 17.7. The molecule has 0 bridgehead atoms. The predicted molar refractivity (Wildman–Crippen MR) is 77.8 cm³/mol. The summed E-state index contributed by atoms with van der Waals surface area (Å²) >= 11 is -0.0193. The second-order valence-electron chi connectivity index (χ2n) is 4.02. The van der Waals surface area contributed by atoms with Crippen molar-refractivity contribution in [1.82, 2.24) is 10.2 Å². The number of nitrogens with zero attached hydrogens (tertiary/aromatic N) is 2. The van der Waals surface area contributed by atoms with Crippen LogP contribution in [0.5, 0.6) is 5.75 Å². The number of aromatic nitrogens is 2. The molecule has 0 atom stereocenters. The van der Waals surface area contributed by atoms with Gasteiger partial charge in [0.25, 0.3) is 0 Å². The van der Waals surface area contributed by atoms with Crippen LogP contribution in [-0.2, 0) is 0 Å². The SMILES string of the molecule is COc1cccc([Se]c2nnc(-c3ccccc3)o2)c1. The van der Waals surface area contributed by atoms with Crippen LogP contribution in [0.15, 0.2) is 59.0 Å². The van der Waals surface area contributed by atoms with Gasteiger partial charge in [0.2, 0.25) is 0 Å². The molecule has 3 aromatic rings. The average Bonchev–Trinajstić information content (AvgIpc) is 2.97. The van der Waals surface area contributed by atoms with Gasteiger partial charge in [0.05, 0.1) is 0 Å². The minimum absolute atomic E-state index is 0.0193. The van der Waals surface area contributed by atoms with Crippen LogP contribution < -0.4 is 14.0 Å². The predicted octanol–water partition coefficient (Wildman–Crippen LogP) is 1.40. The molecule has 0 saturated carbocycles. The van der Waals surface area contributed by atoms with E-state index >= 15 is 0 Å².